The Morgan fingerprint density at radius 1 is 1.53 bits per heavy atom. The van der Waals surface area contributed by atoms with Crippen molar-refractivity contribution in [2.24, 2.45) is 4.99 Å². The third kappa shape index (κ3) is 1.57. The number of hydrogen-bond donors (Lipinski definition) is 2. The summed E-state index contributed by atoms with van der Waals surface area (Å²) in [5, 5.41) is 9.44. The van der Waals surface area contributed by atoms with Gasteiger partial charge in [-0.3, -0.25) is 4.99 Å². The van der Waals surface area contributed by atoms with Gasteiger partial charge < -0.3 is 10.1 Å². The van der Waals surface area contributed by atoms with Gasteiger partial charge in [0.05, 0.1) is 13.2 Å². The van der Waals surface area contributed by atoms with Gasteiger partial charge in [-0.1, -0.05) is 13.0 Å². The van der Waals surface area contributed by atoms with Crippen LogP contribution in [-0.4, -0.2) is 22.9 Å². The van der Waals surface area contributed by atoms with Crippen molar-refractivity contribution in [2.75, 3.05) is 6.61 Å². The third-order valence-corrected chi connectivity index (χ3v) is 3.95. The quantitative estimate of drug-likeness (QED) is 0.805. The molecule has 17 heavy (non-hydrogen) atoms. The number of aromatic nitrogens is 1. The van der Waals surface area contributed by atoms with Crippen LogP contribution in [0.25, 0.3) is 5.57 Å². The summed E-state index contributed by atoms with van der Waals surface area (Å²) in [4.78, 5) is 7.80. The Morgan fingerprint density at radius 3 is 3.18 bits per heavy atom. The van der Waals surface area contributed by atoms with Crippen LogP contribution in [0.15, 0.2) is 11.1 Å². The van der Waals surface area contributed by atoms with Crippen molar-refractivity contribution in [2.45, 2.75) is 38.6 Å². The van der Waals surface area contributed by atoms with E-state index in [1.807, 2.05) is 6.21 Å². The number of aliphatic hydroxyl groups excluding tert-OH is 1. The van der Waals surface area contributed by atoms with Crippen molar-refractivity contribution in [1.82, 2.24) is 4.98 Å². The molecule has 3 rings (SSSR count). The molecule has 3 nitrogen and oxygen atoms in total. The van der Waals surface area contributed by atoms with Gasteiger partial charge >= 0.3 is 0 Å². The molecule has 0 aromatic carbocycles. The van der Waals surface area contributed by atoms with Crippen molar-refractivity contribution >= 4 is 11.8 Å². The zero-order valence-electron chi connectivity index (χ0n) is 10.2. The molecule has 0 saturated carbocycles. The highest BCUT2D eigenvalue weighted by Crippen LogP contribution is 2.40. The number of aliphatic imine (C=N–C) groups is 1. The van der Waals surface area contributed by atoms with Crippen molar-refractivity contribution in [3.63, 3.8) is 0 Å². The normalized spacial score (nSPS) is 22.0. The lowest BCUT2D eigenvalue weighted by Crippen LogP contribution is -2.09. The lowest BCUT2D eigenvalue weighted by atomic mass is 9.82. The first-order valence-electron chi connectivity index (χ1n) is 6.37. The largest absolute Gasteiger partial charge is 0.392 e. The van der Waals surface area contributed by atoms with Crippen LogP contribution >= 0.6 is 0 Å². The van der Waals surface area contributed by atoms with E-state index in [1.54, 1.807) is 0 Å². The van der Waals surface area contributed by atoms with E-state index < -0.39 is 0 Å². The smallest absolute Gasteiger partial charge is 0.0788 e. The summed E-state index contributed by atoms with van der Waals surface area (Å²) in [6.45, 7) is 3.13. The maximum absolute atomic E-state index is 9.44. The predicted octanol–water partition coefficient (Wildman–Crippen LogP) is 2.41. The van der Waals surface area contributed by atoms with Gasteiger partial charge in [-0.25, -0.2) is 0 Å². The van der Waals surface area contributed by atoms with E-state index >= 15 is 0 Å². The van der Waals surface area contributed by atoms with Crippen LogP contribution in [0.3, 0.4) is 0 Å². The number of aromatic amines is 1. The van der Waals surface area contributed by atoms with Crippen LogP contribution in [0.2, 0.25) is 0 Å². The summed E-state index contributed by atoms with van der Waals surface area (Å²) in [6, 6.07) is 0. The molecule has 1 atom stereocenters. The highest BCUT2D eigenvalue weighted by molar-refractivity contribution is 5.74. The first-order valence-corrected chi connectivity index (χ1v) is 6.37. The van der Waals surface area contributed by atoms with Crippen LogP contribution < -0.4 is 0 Å². The Bertz CT molecular complexity index is 497. The van der Waals surface area contributed by atoms with E-state index in [0.29, 0.717) is 5.92 Å². The van der Waals surface area contributed by atoms with Crippen molar-refractivity contribution in [3.8, 4) is 0 Å². The van der Waals surface area contributed by atoms with Gasteiger partial charge in [-0.15, -0.1) is 0 Å². The molecular formula is C14H18N2O. The molecule has 1 aliphatic heterocycles. The Hall–Kier alpha value is -1.35. The topological polar surface area (TPSA) is 48.4 Å². The maximum Gasteiger partial charge on any atom is 0.0788 e. The van der Waals surface area contributed by atoms with Gasteiger partial charge in [0, 0.05) is 24.0 Å². The number of nitrogens with zero attached hydrogens (tertiary/aromatic N) is 1. The van der Waals surface area contributed by atoms with E-state index in [1.165, 1.54) is 22.5 Å². The van der Waals surface area contributed by atoms with Crippen LogP contribution in [0.5, 0.6) is 0 Å². The third-order valence-electron chi connectivity index (χ3n) is 3.95. The minimum atomic E-state index is 0.129. The molecule has 1 unspecified atom stereocenters. The van der Waals surface area contributed by atoms with Gasteiger partial charge in [0.15, 0.2) is 0 Å². The van der Waals surface area contributed by atoms with Gasteiger partial charge in [0.1, 0.15) is 0 Å². The Kier molecular flexibility index (Phi) is 2.63. The van der Waals surface area contributed by atoms with Gasteiger partial charge in [0.25, 0.3) is 0 Å². The van der Waals surface area contributed by atoms with Gasteiger partial charge in [-0.05, 0) is 35.5 Å². The first-order chi connectivity index (χ1) is 8.35. The monoisotopic (exact) mass is 230 g/mol. The van der Waals surface area contributed by atoms with Gasteiger partial charge in [0.2, 0.25) is 0 Å². The van der Waals surface area contributed by atoms with Crippen molar-refractivity contribution in [3.05, 3.63) is 28.6 Å². The fraction of sp³-hybridized carbons (Fsp3) is 0.500. The average molecular weight is 230 g/mol. The molecule has 1 aliphatic carbocycles. The molecule has 3 heteroatoms. The minimum absolute atomic E-state index is 0.129. The number of H-pyrrole nitrogens is 1. The molecule has 2 aliphatic rings. The fourth-order valence-electron chi connectivity index (χ4n) is 3.01. The molecule has 1 aromatic rings. The lowest BCUT2D eigenvalue weighted by Gasteiger charge is -2.22. The molecule has 0 amide bonds. The summed E-state index contributed by atoms with van der Waals surface area (Å²) in [5.41, 5.74) is 6.35. The number of hydrogen-bond acceptors (Lipinski definition) is 2. The van der Waals surface area contributed by atoms with Crippen molar-refractivity contribution in [1.29, 1.82) is 0 Å². The fourth-order valence-corrected chi connectivity index (χ4v) is 3.01. The predicted molar refractivity (Wildman–Crippen MR) is 69.4 cm³/mol. The second-order valence-corrected chi connectivity index (χ2v) is 4.83. The first kappa shape index (κ1) is 10.8. The molecule has 2 heterocycles. The van der Waals surface area contributed by atoms with E-state index in [9.17, 15) is 5.11 Å². The molecule has 1 aromatic heterocycles. The molecule has 2 N–H and O–H groups in total. The van der Waals surface area contributed by atoms with Gasteiger partial charge in [-0.2, -0.15) is 0 Å². The zero-order chi connectivity index (χ0) is 11.8. The van der Waals surface area contributed by atoms with Crippen LogP contribution in [0.1, 0.15) is 48.2 Å². The van der Waals surface area contributed by atoms with E-state index in [0.717, 1.165) is 31.4 Å². The zero-order valence-corrected chi connectivity index (χ0v) is 10.2. The molecule has 0 spiro atoms. The number of rotatable bonds is 2. The maximum atomic E-state index is 9.44. The van der Waals surface area contributed by atoms with Crippen LogP contribution in [0.4, 0.5) is 0 Å². The molecule has 0 fully saturated rings. The van der Waals surface area contributed by atoms with E-state index in [2.05, 4.69) is 23.0 Å². The number of aliphatic hydroxyl groups is 1. The number of fused-ring (bicyclic) bond motifs is 3. The molecule has 0 radical (unpaired) electrons. The second-order valence-electron chi connectivity index (χ2n) is 4.83. The molecule has 0 bridgehead atoms. The van der Waals surface area contributed by atoms with Crippen LogP contribution in [-0.2, 0) is 13.0 Å². The number of allylic oxidation sites excluding steroid dienone is 1. The molecule has 0 saturated heterocycles. The Morgan fingerprint density at radius 2 is 2.41 bits per heavy atom. The van der Waals surface area contributed by atoms with E-state index in [-0.39, 0.29) is 6.61 Å². The Balaban J connectivity index is 2.15. The molecular weight excluding hydrogens is 212 g/mol. The average Bonchev–Trinajstić information content (AvgIpc) is 2.77. The molecule has 90 valence electrons. The van der Waals surface area contributed by atoms with Crippen LogP contribution in [0, 0.1) is 0 Å². The standard InChI is InChI=1S/C14H18N2O/c1-2-9-3-4-10(8-17)14-13(9)11-5-6-15-7-12(11)16-14/h4,6,9,16-17H,2-3,5,7-8H2,1H3. The van der Waals surface area contributed by atoms with Crippen molar-refractivity contribution < 1.29 is 5.11 Å². The Labute approximate surface area is 101 Å². The lowest BCUT2D eigenvalue weighted by molar-refractivity contribution is 0.348. The minimum Gasteiger partial charge on any atom is -0.392 e. The number of nitrogens with one attached hydrogen (secondary N) is 1. The highest BCUT2D eigenvalue weighted by atomic mass is 16.3. The second kappa shape index (κ2) is 4.15. The summed E-state index contributed by atoms with van der Waals surface area (Å²) >= 11 is 0. The summed E-state index contributed by atoms with van der Waals surface area (Å²) in [7, 11) is 0. The summed E-state index contributed by atoms with van der Waals surface area (Å²) < 4.78 is 0. The highest BCUT2D eigenvalue weighted by Gasteiger charge is 2.27. The summed E-state index contributed by atoms with van der Waals surface area (Å²) in [5.74, 6) is 0.604. The van der Waals surface area contributed by atoms with E-state index in [4.69, 9.17) is 0 Å². The summed E-state index contributed by atoms with van der Waals surface area (Å²) in [6.07, 6.45) is 7.35. The SMILES string of the molecule is CCC1CC=C(CO)c2[nH]c3c(c21)CC=NC3.